The summed E-state index contributed by atoms with van der Waals surface area (Å²) in [4.78, 5) is 6.66. The third-order valence-corrected chi connectivity index (χ3v) is 3.84. The fourth-order valence-electron chi connectivity index (χ4n) is 2.62. The second kappa shape index (κ2) is 6.16. The summed E-state index contributed by atoms with van der Waals surface area (Å²) < 4.78 is 5.99. The summed E-state index contributed by atoms with van der Waals surface area (Å²) >= 11 is 0. The number of rotatable bonds is 3. The van der Waals surface area contributed by atoms with Crippen molar-refractivity contribution < 1.29 is 4.74 Å². The number of nitrogens with zero attached hydrogens (tertiary/aromatic N) is 2. The molecule has 1 saturated heterocycles. The molecule has 0 bridgehead atoms. The van der Waals surface area contributed by atoms with Crippen molar-refractivity contribution in [1.29, 1.82) is 0 Å². The van der Waals surface area contributed by atoms with Crippen LogP contribution in [0.4, 0.5) is 0 Å². The minimum atomic E-state index is 0.170. The van der Waals surface area contributed by atoms with Gasteiger partial charge in [-0.2, -0.15) is 0 Å². The van der Waals surface area contributed by atoms with E-state index < -0.39 is 0 Å². The highest BCUT2D eigenvalue weighted by atomic mass is 16.5. The van der Waals surface area contributed by atoms with E-state index in [-0.39, 0.29) is 6.10 Å². The summed E-state index contributed by atoms with van der Waals surface area (Å²) in [6, 6.07) is 15.0. The number of ether oxygens (including phenoxy) is 1. The Bertz CT molecular complexity index is 529. The molecule has 3 nitrogen and oxygen atoms in total. The van der Waals surface area contributed by atoms with Crippen LogP contribution in [0.5, 0.6) is 0 Å². The van der Waals surface area contributed by atoms with Gasteiger partial charge in [0.1, 0.15) is 0 Å². The van der Waals surface area contributed by atoms with Crippen molar-refractivity contribution in [2.75, 3.05) is 13.2 Å². The van der Waals surface area contributed by atoms with Crippen molar-refractivity contribution in [3.05, 3.63) is 66.0 Å². The minimum absolute atomic E-state index is 0.170. The van der Waals surface area contributed by atoms with E-state index in [2.05, 4.69) is 47.1 Å². The zero-order valence-electron chi connectivity index (χ0n) is 11.8. The minimum Gasteiger partial charge on any atom is -0.371 e. The van der Waals surface area contributed by atoms with Crippen LogP contribution >= 0.6 is 0 Å². The molecule has 2 heterocycles. The molecular weight excluding hydrogens is 248 g/mol. The monoisotopic (exact) mass is 268 g/mol. The molecule has 3 rings (SSSR count). The Kier molecular flexibility index (Phi) is 4.09. The SMILES string of the molecule is CC1COC(c2ccccc2)CN1Cc1cccnc1. The van der Waals surface area contributed by atoms with Gasteiger partial charge in [-0.15, -0.1) is 0 Å². The molecule has 2 unspecified atom stereocenters. The maximum absolute atomic E-state index is 5.99. The third kappa shape index (κ3) is 3.06. The zero-order chi connectivity index (χ0) is 13.8. The molecule has 0 spiro atoms. The third-order valence-electron chi connectivity index (χ3n) is 3.84. The van der Waals surface area contributed by atoms with Crippen LogP contribution in [0.1, 0.15) is 24.2 Å². The van der Waals surface area contributed by atoms with Crippen LogP contribution in [0.3, 0.4) is 0 Å². The van der Waals surface area contributed by atoms with E-state index in [1.165, 1.54) is 11.1 Å². The Hall–Kier alpha value is -1.71. The molecule has 3 heteroatoms. The first-order valence-corrected chi connectivity index (χ1v) is 7.12. The number of pyridine rings is 1. The summed E-state index contributed by atoms with van der Waals surface area (Å²) in [7, 11) is 0. The number of morpholine rings is 1. The van der Waals surface area contributed by atoms with Gasteiger partial charge in [-0.25, -0.2) is 0 Å². The van der Waals surface area contributed by atoms with Gasteiger partial charge >= 0.3 is 0 Å². The topological polar surface area (TPSA) is 25.4 Å². The smallest absolute Gasteiger partial charge is 0.0952 e. The van der Waals surface area contributed by atoms with Crippen molar-refractivity contribution in [2.45, 2.75) is 25.6 Å². The van der Waals surface area contributed by atoms with E-state index >= 15 is 0 Å². The predicted octanol–water partition coefficient (Wildman–Crippen LogP) is 3.04. The van der Waals surface area contributed by atoms with Crippen molar-refractivity contribution in [3.8, 4) is 0 Å². The average molecular weight is 268 g/mol. The maximum atomic E-state index is 5.99. The Morgan fingerprint density at radius 2 is 2.05 bits per heavy atom. The molecule has 0 saturated carbocycles. The van der Waals surface area contributed by atoms with E-state index in [1.54, 1.807) is 0 Å². The quantitative estimate of drug-likeness (QED) is 0.855. The van der Waals surface area contributed by atoms with Gasteiger partial charge < -0.3 is 4.74 Å². The molecule has 20 heavy (non-hydrogen) atoms. The van der Waals surface area contributed by atoms with Crippen LogP contribution < -0.4 is 0 Å². The predicted molar refractivity (Wildman–Crippen MR) is 79.2 cm³/mol. The molecule has 0 amide bonds. The lowest BCUT2D eigenvalue weighted by Crippen LogP contribution is -2.44. The number of hydrogen-bond donors (Lipinski definition) is 0. The molecule has 1 fully saturated rings. The lowest BCUT2D eigenvalue weighted by molar-refractivity contribution is -0.0633. The van der Waals surface area contributed by atoms with Crippen LogP contribution in [-0.2, 0) is 11.3 Å². The van der Waals surface area contributed by atoms with Gasteiger partial charge in [0, 0.05) is 31.5 Å². The van der Waals surface area contributed by atoms with E-state index in [0.717, 1.165) is 19.7 Å². The van der Waals surface area contributed by atoms with Gasteiger partial charge in [0.25, 0.3) is 0 Å². The van der Waals surface area contributed by atoms with E-state index in [0.29, 0.717) is 6.04 Å². The Labute approximate surface area is 120 Å². The lowest BCUT2D eigenvalue weighted by atomic mass is 10.1. The van der Waals surface area contributed by atoms with Gasteiger partial charge in [-0.3, -0.25) is 9.88 Å². The van der Waals surface area contributed by atoms with Crippen molar-refractivity contribution in [2.24, 2.45) is 0 Å². The first-order valence-electron chi connectivity index (χ1n) is 7.12. The normalized spacial score (nSPS) is 23.6. The highest BCUT2D eigenvalue weighted by Gasteiger charge is 2.26. The molecule has 1 aliphatic rings. The summed E-state index contributed by atoms with van der Waals surface area (Å²) in [5, 5.41) is 0. The van der Waals surface area contributed by atoms with Crippen molar-refractivity contribution in [1.82, 2.24) is 9.88 Å². The summed E-state index contributed by atoms with van der Waals surface area (Å²) in [5.41, 5.74) is 2.52. The van der Waals surface area contributed by atoms with Gasteiger partial charge in [0.15, 0.2) is 0 Å². The molecule has 1 aromatic carbocycles. The summed E-state index contributed by atoms with van der Waals surface area (Å²) in [5.74, 6) is 0. The van der Waals surface area contributed by atoms with Gasteiger partial charge in [0.05, 0.1) is 12.7 Å². The largest absolute Gasteiger partial charge is 0.371 e. The van der Waals surface area contributed by atoms with Gasteiger partial charge in [-0.05, 0) is 24.1 Å². The summed E-state index contributed by atoms with van der Waals surface area (Å²) in [6.45, 7) is 4.86. The Morgan fingerprint density at radius 3 is 2.80 bits per heavy atom. The highest BCUT2D eigenvalue weighted by molar-refractivity contribution is 5.19. The van der Waals surface area contributed by atoms with Crippen molar-refractivity contribution >= 4 is 0 Å². The summed E-state index contributed by atoms with van der Waals surface area (Å²) in [6.07, 6.45) is 3.93. The molecule has 1 aliphatic heterocycles. The molecule has 0 aliphatic carbocycles. The molecule has 2 aromatic rings. The molecule has 2 atom stereocenters. The van der Waals surface area contributed by atoms with Crippen LogP contribution in [0.2, 0.25) is 0 Å². The van der Waals surface area contributed by atoms with Crippen molar-refractivity contribution in [3.63, 3.8) is 0 Å². The van der Waals surface area contributed by atoms with Gasteiger partial charge in [0.2, 0.25) is 0 Å². The van der Waals surface area contributed by atoms with E-state index in [4.69, 9.17) is 4.74 Å². The fourth-order valence-corrected chi connectivity index (χ4v) is 2.62. The Morgan fingerprint density at radius 1 is 1.20 bits per heavy atom. The van der Waals surface area contributed by atoms with Crippen LogP contribution in [0, 0.1) is 0 Å². The highest BCUT2D eigenvalue weighted by Crippen LogP contribution is 2.25. The zero-order valence-corrected chi connectivity index (χ0v) is 11.8. The second-order valence-corrected chi connectivity index (χ2v) is 5.37. The molecule has 1 aromatic heterocycles. The van der Waals surface area contributed by atoms with E-state index in [9.17, 15) is 0 Å². The van der Waals surface area contributed by atoms with Crippen LogP contribution in [0.15, 0.2) is 54.9 Å². The molecule has 0 radical (unpaired) electrons. The number of hydrogen-bond acceptors (Lipinski definition) is 3. The standard InChI is InChI=1S/C17H20N2O/c1-14-13-20-17(16-7-3-2-4-8-16)12-19(14)11-15-6-5-9-18-10-15/h2-10,14,17H,11-13H2,1H3. The maximum Gasteiger partial charge on any atom is 0.0952 e. The first-order chi connectivity index (χ1) is 9.83. The average Bonchev–Trinajstić information content (AvgIpc) is 2.51. The number of aromatic nitrogens is 1. The van der Waals surface area contributed by atoms with Crippen LogP contribution in [0.25, 0.3) is 0 Å². The Balaban J connectivity index is 1.71. The fraction of sp³-hybridized carbons (Fsp3) is 0.353. The molecule has 0 N–H and O–H groups in total. The number of benzene rings is 1. The second-order valence-electron chi connectivity index (χ2n) is 5.37. The molecular formula is C17H20N2O. The lowest BCUT2D eigenvalue weighted by Gasteiger charge is -2.38. The van der Waals surface area contributed by atoms with E-state index in [1.807, 2.05) is 24.5 Å². The first kappa shape index (κ1) is 13.3. The van der Waals surface area contributed by atoms with Gasteiger partial charge in [-0.1, -0.05) is 36.4 Å². The molecule has 104 valence electrons. The van der Waals surface area contributed by atoms with Crippen LogP contribution in [-0.4, -0.2) is 29.1 Å².